The smallest absolute Gasteiger partial charge is 0.407 e. The van der Waals surface area contributed by atoms with Gasteiger partial charge < -0.3 is 50.0 Å². The van der Waals surface area contributed by atoms with Gasteiger partial charge in [0.15, 0.2) is 6.10 Å². The van der Waals surface area contributed by atoms with Crippen LogP contribution >= 0.6 is 0 Å². The van der Waals surface area contributed by atoms with E-state index in [9.17, 15) is 4.79 Å². The average molecular weight is 702 g/mol. The van der Waals surface area contributed by atoms with E-state index in [1.807, 2.05) is 6.07 Å². The van der Waals surface area contributed by atoms with Crippen molar-refractivity contribution in [3.8, 4) is 11.8 Å². The SMILES string of the molecule is CCCCCCCCCCCCCCCc1cc(OCC(COC(=O)NCCCCC[N+](C)(C)C)Oc2cc(C)on2)no1.[Br-]. The normalized spacial score (nSPS) is 12.0. The van der Waals surface area contributed by atoms with Crippen LogP contribution in [0.4, 0.5) is 4.79 Å². The van der Waals surface area contributed by atoms with E-state index in [1.54, 1.807) is 13.0 Å². The zero-order valence-corrected chi connectivity index (χ0v) is 30.3. The third-order valence-corrected chi connectivity index (χ3v) is 7.55. The summed E-state index contributed by atoms with van der Waals surface area (Å²) in [7, 11) is 6.54. The Bertz CT molecular complexity index is 993. The lowest BCUT2D eigenvalue weighted by Gasteiger charge is -2.23. The van der Waals surface area contributed by atoms with Crippen LogP contribution in [-0.2, 0) is 11.2 Å². The van der Waals surface area contributed by atoms with Crippen LogP contribution in [0.2, 0.25) is 0 Å². The van der Waals surface area contributed by atoms with Crippen LogP contribution in [0.5, 0.6) is 11.8 Å². The standard InChI is InChI=1S/C34H60N4O6.BrH/c1-6-7-8-9-10-11-12-13-14-15-16-17-19-22-30-26-32(36-44-30)40-27-31(42-33-25-29(2)43-37-33)28-41-34(39)35-23-20-18-21-24-38(3,4)5;/h25-26,31H,6-24,27-28H2,1-5H3;1H. The molecule has 0 bridgehead atoms. The molecule has 260 valence electrons. The number of carbonyl (C=O) groups is 1. The summed E-state index contributed by atoms with van der Waals surface area (Å²) >= 11 is 0. The van der Waals surface area contributed by atoms with Gasteiger partial charge in [0.25, 0.3) is 11.8 Å². The highest BCUT2D eigenvalue weighted by Crippen LogP contribution is 2.18. The van der Waals surface area contributed by atoms with Crippen molar-refractivity contribution in [2.75, 3.05) is 47.4 Å². The van der Waals surface area contributed by atoms with Gasteiger partial charge in [-0.15, -0.1) is 0 Å². The summed E-state index contributed by atoms with van der Waals surface area (Å²) in [5.74, 6) is 2.13. The summed E-state index contributed by atoms with van der Waals surface area (Å²) in [5, 5.41) is 10.7. The van der Waals surface area contributed by atoms with E-state index >= 15 is 0 Å². The number of unbranched alkanes of at least 4 members (excludes halogenated alkanes) is 14. The quantitative estimate of drug-likeness (QED) is 0.102. The van der Waals surface area contributed by atoms with E-state index in [-0.39, 0.29) is 30.2 Å². The zero-order chi connectivity index (χ0) is 31.9. The number of aryl methyl sites for hydroxylation is 2. The number of aromatic nitrogens is 2. The topological polar surface area (TPSA) is 109 Å². The summed E-state index contributed by atoms with van der Waals surface area (Å²) < 4.78 is 28.6. The third-order valence-electron chi connectivity index (χ3n) is 7.55. The summed E-state index contributed by atoms with van der Waals surface area (Å²) in [6.07, 6.45) is 20.1. The molecule has 2 heterocycles. The van der Waals surface area contributed by atoms with Crippen molar-refractivity contribution in [2.45, 2.75) is 129 Å². The second kappa shape index (κ2) is 24.9. The molecule has 11 heteroatoms. The monoisotopic (exact) mass is 700 g/mol. The number of hydrogen-bond donors (Lipinski definition) is 1. The minimum atomic E-state index is -0.601. The fourth-order valence-electron chi connectivity index (χ4n) is 4.96. The lowest BCUT2D eigenvalue weighted by Crippen LogP contribution is -3.00. The number of ether oxygens (including phenoxy) is 3. The van der Waals surface area contributed by atoms with Gasteiger partial charge in [0.2, 0.25) is 0 Å². The van der Waals surface area contributed by atoms with Crippen LogP contribution in [0.3, 0.4) is 0 Å². The molecular weight excluding hydrogens is 640 g/mol. The molecule has 0 fully saturated rings. The van der Waals surface area contributed by atoms with Gasteiger partial charge in [0.05, 0.1) is 27.7 Å². The van der Waals surface area contributed by atoms with Crippen molar-refractivity contribution >= 4 is 6.09 Å². The van der Waals surface area contributed by atoms with Gasteiger partial charge in [-0.3, -0.25) is 0 Å². The Morgan fingerprint density at radius 3 is 2.00 bits per heavy atom. The van der Waals surface area contributed by atoms with E-state index in [4.69, 9.17) is 23.3 Å². The predicted octanol–water partition coefficient (Wildman–Crippen LogP) is 5.04. The number of alkyl carbamates (subject to hydrolysis) is 1. The first-order chi connectivity index (χ1) is 21.2. The second-order valence-corrected chi connectivity index (χ2v) is 13.1. The summed E-state index contributed by atoms with van der Waals surface area (Å²) in [6.45, 7) is 5.83. The highest BCUT2D eigenvalue weighted by molar-refractivity contribution is 5.67. The number of halogens is 1. The van der Waals surface area contributed by atoms with E-state index in [0.29, 0.717) is 24.1 Å². The van der Waals surface area contributed by atoms with Crippen LogP contribution in [0.1, 0.15) is 121 Å². The van der Waals surface area contributed by atoms with E-state index in [2.05, 4.69) is 43.7 Å². The van der Waals surface area contributed by atoms with Gasteiger partial charge >= 0.3 is 6.09 Å². The Kier molecular flexibility index (Phi) is 22.5. The van der Waals surface area contributed by atoms with Crippen molar-refractivity contribution in [1.82, 2.24) is 15.6 Å². The van der Waals surface area contributed by atoms with Crippen molar-refractivity contribution in [2.24, 2.45) is 0 Å². The molecular formula is C34H61BrN4O6. The summed E-state index contributed by atoms with van der Waals surface area (Å²) in [4.78, 5) is 12.2. The molecule has 0 aliphatic rings. The van der Waals surface area contributed by atoms with E-state index < -0.39 is 12.2 Å². The Balaban J connectivity index is 0.0000101. The number of carbonyl (C=O) groups excluding carboxylic acids is 1. The molecule has 0 radical (unpaired) electrons. The highest BCUT2D eigenvalue weighted by Gasteiger charge is 2.18. The lowest BCUT2D eigenvalue weighted by atomic mass is 10.0. The number of nitrogens with zero attached hydrogens (tertiary/aromatic N) is 3. The largest absolute Gasteiger partial charge is 1.00 e. The van der Waals surface area contributed by atoms with Crippen molar-refractivity contribution in [3.63, 3.8) is 0 Å². The lowest BCUT2D eigenvalue weighted by molar-refractivity contribution is -0.870. The molecule has 2 aromatic heterocycles. The Morgan fingerprint density at radius 1 is 0.800 bits per heavy atom. The third kappa shape index (κ3) is 22.0. The van der Waals surface area contributed by atoms with Gasteiger partial charge in [-0.1, -0.05) is 84.0 Å². The highest BCUT2D eigenvalue weighted by atomic mass is 79.9. The molecule has 1 N–H and O–H groups in total. The molecule has 1 atom stereocenters. The van der Waals surface area contributed by atoms with Crippen molar-refractivity contribution in [3.05, 3.63) is 23.7 Å². The van der Waals surface area contributed by atoms with E-state index in [0.717, 1.165) is 48.9 Å². The molecule has 2 aromatic rings. The number of nitrogens with one attached hydrogen (secondary N) is 1. The molecule has 45 heavy (non-hydrogen) atoms. The maximum atomic E-state index is 12.2. The molecule has 2 rings (SSSR count). The maximum Gasteiger partial charge on any atom is 0.407 e. The van der Waals surface area contributed by atoms with Crippen LogP contribution in [0.15, 0.2) is 21.2 Å². The van der Waals surface area contributed by atoms with Crippen LogP contribution < -0.4 is 31.8 Å². The first-order valence-electron chi connectivity index (χ1n) is 17.1. The fourth-order valence-corrected chi connectivity index (χ4v) is 4.96. The molecule has 0 saturated heterocycles. The van der Waals surface area contributed by atoms with Crippen molar-refractivity contribution in [1.29, 1.82) is 0 Å². The average Bonchev–Trinajstić information content (AvgIpc) is 3.62. The Labute approximate surface area is 282 Å². The molecule has 0 spiro atoms. The minimum absolute atomic E-state index is 0. The first-order valence-corrected chi connectivity index (χ1v) is 17.1. The van der Waals surface area contributed by atoms with Crippen LogP contribution in [0.25, 0.3) is 0 Å². The Hall–Kier alpha value is -2.27. The second-order valence-electron chi connectivity index (χ2n) is 13.1. The summed E-state index contributed by atoms with van der Waals surface area (Å²) in [6, 6.07) is 3.50. The van der Waals surface area contributed by atoms with Crippen molar-refractivity contribution < 1.29 is 49.5 Å². The van der Waals surface area contributed by atoms with Crippen LogP contribution in [0, 0.1) is 6.92 Å². The first kappa shape index (κ1) is 40.8. The number of amides is 1. The maximum absolute atomic E-state index is 12.2. The predicted molar refractivity (Wildman–Crippen MR) is 173 cm³/mol. The minimum Gasteiger partial charge on any atom is -1.00 e. The molecule has 0 saturated carbocycles. The fraction of sp³-hybridized carbons (Fsp3) is 0.794. The molecule has 10 nitrogen and oxygen atoms in total. The van der Waals surface area contributed by atoms with Gasteiger partial charge in [-0.25, -0.2) is 4.79 Å². The number of hydrogen-bond acceptors (Lipinski definition) is 8. The zero-order valence-electron chi connectivity index (χ0n) is 28.8. The molecule has 1 unspecified atom stereocenters. The summed E-state index contributed by atoms with van der Waals surface area (Å²) in [5.41, 5.74) is 0. The van der Waals surface area contributed by atoms with Gasteiger partial charge in [0.1, 0.15) is 24.7 Å². The molecule has 0 aliphatic heterocycles. The Morgan fingerprint density at radius 2 is 1.40 bits per heavy atom. The van der Waals surface area contributed by atoms with Gasteiger partial charge in [-0.05, 0) is 42.9 Å². The molecule has 1 amide bonds. The number of quaternary nitrogens is 1. The van der Waals surface area contributed by atoms with Gasteiger partial charge in [-0.2, -0.15) is 0 Å². The molecule has 0 aromatic carbocycles. The van der Waals surface area contributed by atoms with Gasteiger partial charge in [0, 0.05) is 25.1 Å². The molecule has 0 aliphatic carbocycles. The number of rotatable bonds is 27. The van der Waals surface area contributed by atoms with Crippen LogP contribution in [-0.4, -0.2) is 74.4 Å². The van der Waals surface area contributed by atoms with E-state index in [1.165, 1.54) is 77.0 Å².